The molecule has 2 unspecified atom stereocenters. The first-order valence-corrected chi connectivity index (χ1v) is 8.39. The fraction of sp³-hybridized carbons (Fsp3) is 0.938. The Labute approximate surface area is 127 Å². The minimum absolute atomic E-state index is 0.262. The van der Waals surface area contributed by atoms with Crippen molar-refractivity contribution < 1.29 is 14.3 Å². The third-order valence-electron chi connectivity index (χ3n) is 5.43. The summed E-state index contributed by atoms with van der Waals surface area (Å²) in [5.74, 6) is 0.311. The van der Waals surface area contributed by atoms with Gasteiger partial charge in [-0.2, -0.15) is 0 Å². The summed E-state index contributed by atoms with van der Waals surface area (Å²) in [5, 5.41) is 3.36. The molecule has 21 heavy (non-hydrogen) atoms. The van der Waals surface area contributed by atoms with E-state index in [-0.39, 0.29) is 11.5 Å². The van der Waals surface area contributed by atoms with Crippen molar-refractivity contribution in [2.24, 2.45) is 5.41 Å². The monoisotopic (exact) mass is 296 g/mol. The van der Waals surface area contributed by atoms with Gasteiger partial charge in [-0.3, -0.25) is 4.79 Å². The molecule has 1 saturated carbocycles. The molecule has 2 saturated heterocycles. The molecule has 0 bridgehead atoms. The largest absolute Gasteiger partial charge is 0.384 e. The number of amides is 1. The van der Waals surface area contributed by atoms with Gasteiger partial charge in [0.2, 0.25) is 5.91 Å². The topological polar surface area (TPSA) is 50.8 Å². The molecule has 0 aromatic rings. The van der Waals surface area contributed by atoms with Gasteiger partial charge in [0.15, 0.2) is 0 Å². The van der Waals surface area contributed by atoms with Crippen LogP contribution < -0.4 is 5.32 Å². The maximum absolute atomic E-state index is 13.3. The Bertz CT molecular complexity index is 361. The van der Waals surface area contributed by atoms with Crippen LogP contribution in [0.3, 0.4) is 0 Å². The Morgan fingerprint density at radius 2 is 2.10 bits per heavy atom. The highest BCUT2D eigenvalue weighted by atomic mass is 16.5. The molecule has 5 nitrogen and oxygen atoms in total. The summed E-state index contributed by atoms with van der Waals surface area (Å²) < 4.78 is 11.3. The highest BCUT2D eigenvalue weighted by Gasteiger charge is 2.46. The van der Waals surface area contributed by atoms with Gasteiger partial charge in [-0.05, 0) is 38.8 Å². The number of morpholine rings is 1. The number of carbonyl (C=O) groups excluding carboxylic acids is 1. The summed E-state index contributed by atoms with van der Waals surface area (Å²) >= 11 is 0. The van der Waals surface area contributed by atoms with Crippen molar-refractivity contribution in [3.63, 3.8) is 0 Å². The lowest BCUT2D eigenvalue weighted by Crippen LogP contribution is -2.60. The maximum atomic E-state index is 13.3. The fourth-order valence-electron chi connectivity index (χ4n) is 4.25. The molecule has 5 heteroatoms. The smallest absolute Gasteiger partial charge is 0.231 e. The van der Waals surface area contributed by atoms with Crippen LogP contribution in [-0.4, -0.2) is 62.9 Å². The van der Waals surface area contributed by atoms with E-state index in [2.05, 4.69) is 10.2 Å². The van der Waals surface area contributed by atoms with Crippen LogP contribution in [0, 0.1) is 5.41 Å². The van der Waals surface area contributed by atoms with E-state index in [4.69, 9.17) is 9.47 Å². The molecule has 1 amide bonds. The maximum Gasteiger partial charge on any atom is 0.231 e. The standard InChI is InChI=1S/C16H28N2O3/c1-20-12-16(6-8-17-9-7-16)15(19)18-10-11-21-14-5-3-2-4-13(14)18/h13-14,17H,2-12H2,1H3. The van der Waals surface area contributed by atoms with Crippen LogP contribution in [0.2, 0.25) is 0 Å². The third-order valence-corrected chi connectivity index (χ3v) is 5.43. The van der Waals surface area contributed by atoms with Crippen molar-refractivity contribution in [3.8, 4) is 0 Å². The number of carbonyl (C=O) groups is 1. The molecule has 2 aliphatic heterocycles. The van der Waals surface area contributed by atoms with Crippen molar-refractivity contribution in [2.75, 3.05) is 40.0 Å². The van der Waals surface area contributed by atoms with E-state index in [9.17, 15) is 4.79 Å². The molecule has 1 aliphatic carbocycles. The molecule has 0 aromatic heterocycles. The Morgan fingerprint density at radius 3 is 2.86 bits per heavy atom. The number of rotatable bonds is 3. The molecule has 1 N–H and O–H groups in total. The molecule has 0 radical (unpaired) electrons. The first-order valence-electron chi connectivity index (χ1n) is 8.39. The van der Waals surface area contributed by atoms with E-state index < -0.39 is 0 Å². The summed E-state index contributed by atoms with van der Waals surface area (Å²) in [5.41, 5.74) is -0.320. The Hall–Kier alpha value is -0.650. The van der Waals surface area contributed by atoms with Crippen molar-refractivity contribution in [1.29, 1.82) is 0 Å². The number of hydrogen-bond donors (Lipinski definition) is 1. The van der Waals surface area contributed by atoms with Gasteiger partial charge in [-0.15, -0.1) is 0 Å². The van der Waals surface area contributed by atoms with E-state index in [1.54, 1.807) is 7.11 Å². The normalized spacial score (nSPS) is 32.5. The molecule has 0 spiro atoms. The summed E-state index contributed by atoms with van der Waals surface area (Å²) in [6, 6.07) is 0.295. The van der Waals surface area contributed by atoms with Gasteiger partial charge < -0.3 is 19.7 Å². The minimum atomic E-state index is -0.320. The Kier molecular flexibility index (Phi) is 4.82. The van der Waals surface area contributed by atoms with Gasteiger partial charge in [0, 0.05) is 13.7 Å². The molecule has 2 heterocycles. The molecule has 3 aliphatic rings. The number of nitrogens with zero attached hydrogens (tertiary/aromatic N) is 1. The van der Waals surface area contributed by atoms with Crippen LogP contribution in [0.25, 0.3) is 0 Å². The second-order valence-electron chi connectivity index (χ2n) is 6.72. The molecule has 3 rings (SSSR count). The zero-order valence-corrected chi connectivity index (χ0v) is 13.1. The second kappa shape index (κ2) is 6.63. The average molecular weight is 296 g/mol. The first kappa shape index (κ1) is 15.3. The summed E-state index contributed by atoms with van der Waals surface area (Å²) in [4.78, 5) is 15.4. The fourth-order valence-corrected chi connectivity index (χ4v) is 4.25. The molecular formula is C16H28N2O3. The zero-order valence-electron chi connectivity index (χ0n) is 13.1. The number of methoxy groups -OCH3 is 1. The quantitative estimate of drug-likeness (QED) is 0.849. The average Bonchev–Trinajstić information content (AvgIpc) is 2.55. The lowest BCUT2D eigenvalue weighted by molar-refractivity contribution is -0.165. The summed E-state index contributed by atoms with van der Waals surface area (Å²) in [6.07, 6.45) is 6.68. The number of ether oxygens (including phenoxy) is 2. The van der Waals surface area contributed by atoms with E-state index in [1.807, 2.05) is 0 Å². The van der Waals surface area contributed by atoms with Crippen LogP contribution in [0.15, 0.2) is 0 Å². The van der Waals surface area contributed by atoms with Crippen molar-refractivity contribution >= 4 is 5.91 Å². The lowest BCUT2D eigenvalue weighted by atomic mass is 9.77. The van der Waals surface area contributed by atoms with E-state index in [0.29, 0.717) is 25.2 Å². The van der Waals surface area contributed by atoms with Crippen LogP contribution in [-0.2, 0) is 14.3 Å². The first-order chi connectivity index (χ1) is 10.3. The van der Waals surface area contributed by atoms with Crippen LogP contribution in [0.1, 0.15) is 38.5 Å². The van der Waals surface area contributed by atoms with Gasteiger partial charge in [0.05, 0.1) is 30.8 Å². The number of piperidine rings is 1. The molecule has 2 atom stereocenters. The lowest BCUT2D eigenvalue weighted by Gasteiger charge is -2.48. The molecule has 0 aromatic carbocycles. The van der Waals surface area contributed by atoms with Crippen molar-refractivity contribution in [3.05, 3.63) is 0 Å². The van der Waals surface area contributed by atoms with E-state index in [0.717, 1.165) is 45.3 Å². The van der Waals surface area contributed by atoms with Crippen molar-refractivity contribution in [1.82, 2.24) is 10.2 Å². The van der Waals surface area contributed by atoms with Gasteiger partial charge >= 0.3 is 0 Å². The van der Waals surface area contributed by atoms with Crippen LogP contribution in [0.5, 0.6) is 0 Å². The number of fused-ring (bicyclic) bond motifs is 1. The van der Waals surface area contributed by atoms with E-state index >= 15 is 0 Å². The third kappa shape index (κ3) is 2.96. The van der Waals surface area contributed by atoms with Gasteiger partial charge in [-0.1, -0.05) is 12.8 Å². The van der Waals surface area contributed by atoms with Gasteiger partial charge in [0.25, 0.3) is 0 Å². The van der Waals surface area contributed by atoms with Gasteiger partial charge in [0.1, 0.15) is 0 Å². The number of nitrogens with one attached hydrogen (secondary N) is 1. The highest BCUT2D eigenvalue weighted by molar-refractivity contribution is 5.83. The van der Waals surface area contributed by atoms with Crippen molar-refractivity contribution in [2.45, 2.75) is 50.7 Å². The Balaban J connectivity index is 1.77. The number of hydrogen-bond acceptors (Lipinski definition) is 4. The molecular weight excluding hydrogens is 268 g/mol. The molecule has 120 valence electrons. The van der Waals surface area contributed by atoms with Crippen LogP contribution >= 0.6 is 0 Å². The van der Waals surface area contributed by atoms with E-state index in [1.165, 1.54) is 12.8 Å². The highest BCUT2D eigenvalue weighted by Crippen LogP contribution is 2.36. The second-order valence-corrected chi connectivity index (χ2v) is 6.72. The predicted octanol–water partition coefficient (Wildman–Crippen LogP) is 1.17. The minimum Gasteiger partial charge on any atom is -0.384 e. The molecule has 3 fully saturated rings. The summed E-state index contributed by atoms with van der Waals surface area (Å²) in [6.45, 7) is 3.80. The Morgan fingerprint density at radius 1 is 1.33 bits per heavy atom. The zero-order chi connectivity index (χ0) is 14.7. The SMILES string of the molecule is COCC1(C(=O)N2CCOC3CCCCC32)CCNCC1. The predicted molar refractivity (Wildman–Crippen MR) is 80.1 cm³/mol. The van der Waals surface area contributed by atoms with Crippen LogP contribution in [0.4, 0.5) is 0 Å². The van der Waals surface area contributed by atoms with Gasteiger partial charge in [-0.25, -0.2) is 0 Å². The summed E-state index contributed by atoms with van der Waals surface area (Å²) in [7, 11) is 1.71.